The van der Waals surface area contributed by atoms with Crippen LogP contribution >= 0.6 is 22.9 Å². The highest BCUT2D eigenvalue weighted by Gasteiger charge is 2.28. The van der Waals surface area contributed by atoms with Crippen molar-refractivity contribution in [3.8, 4) is 0 Å². The highest BCUT2D eigenvalue weighted by Crippen LogP contribution is 2.21. The van der Waals surface area contributed by atoms with E-state index in [1.807, 2.05) is 19.1 Å². The first kappa shape index (κ1) is 25.1. The van der Waals surface area contributed by atoms with E-state index in [1.165, 1.54) is 42.5 Å². The van der Waals surface area contributed by atoms with Crippen LogP contribution in [0.5, 0.6) is 0 Å². The predicted molar refractivity (Wildman–Crippen MR) is 130 cm³/mol. The summed E-state index contributed by atoms with van der Waals surface area (Å²) in [6.07, 6.45) is 1.44. The molecule has 3 rings (SSSR count). The minimum atomic E-state index is -3.95. The third-order valence-corrected chi connectivity index (χ3v) is 7.94. The van der Waals surface area contributed by atoms with E-state index in [2.05, 4.69) is 6.58 Å². The second kappa shape index (κ2) is 11.1. The normalized spacial score (nSPS) is 11.5. The van der Waals surface area contributed by atoms with Gasteiger partial charge < -0.3 is 4.90 Å². The number of hydrogen-bond donors (Lipinski definition) is 0. The van der Waals surface area contributed by atoms with Crippen LogP contribution in [0.25, 0.3) is 0 Å². The molecule has 1 heterocycles. The molecule has 0 aliphatic heterocycles. The van der Waals surface area contributed by atoms with Gasteiger partial charge in [-0.3, -0.25) is 4.79 Å². The molecule has 0 unspecified atom stereocenters. The van der Waals surface area contributed by atoms with Crippen LogP contribution in [-0.2, 0) is 27.9 Å². The number of benzene rings is 2. The van der Waals surface area contributed by atoms with Crippen molar-refractivity contribution in [2.45, 2.75) is 24.9 Å². The number of nitrogens with zero attached hydrogens (tertiary/aromatic N) is 2. The van der Waals surface area contributed by atoms with Crippen LogP contribution in [0.2, 0.25) is 5.02 Å². The van der Waals surface area contributed by atoms with Crippen molar-refractivity contribution in [3.05, 3.63) is 99.5 Å². The van der Waals surface area contributed by atoms with Gasteiger partial charge in [-0.15, -0.1) is 17.9 Å². The minimum absolute atomic E-state index is 0.0286. The number of carbonyl (C=O) groups excluding carboxylic acids is 1. The number of hydrogen-bond acceptors (Lipinski definition) is 4. The molecule has 5 nitrogen and oxygen atoms in total. The Morgan fingerprint density at radius 3 is 2.30 bits per heavy atom. The summed E-state index contributed by atoms with van der Waals surface area (Å²) in [6.45, 7) is 5.76. The lowest BCUT2D eigenvalue weighted by molar-refractivity contribution is -0.132. The third kappa shape index (κ3) is 6.74. The van der Waals surface area contributed by atoms with Gasteiger partial charge in [-0.25, -0.2) is 12.8 Å². The fourth-order valence-electron chi connectivity index (χ4n) is 3.20. The molecule has 1 amide bonds. The number of sulfonamides is 1. The summed E-state index contributed by atoms with van der Waals surface area (Å²) in [5.41, 5.74) is 0.744. The van der Waals surface area contributed by atoms with Gasteiger partial charge in [0, 0.05) is 27.9 Å². The highest BCUT2D eigenvalue weighted by atomic mass is 35.5. The number of amides is 1. The maximum Gasteiger partial charge on any atom is 0.243 e. The Balaban J connectivity index is 1.86. The monoisotopic (exact) mass is 506 g/mol. The first-order valence-electron chi connectivity index (χ1n) is 10.1. The molecular formula is C24H24ClFN2O3S2. The maximum absolute atomic E-state index is 13.3. The van der Waals surface area contributed by atoms with E-state index >= 15 is 0 Å². The second-order valence-electron chi connectivity index (χ2n) is 7.43. The summed E-state index contributed by atoms with van der Waals surface area (Å²) in [7, 11) is -3.95. The lowest BCUT2D eigenvalue weighted by Gasteiger charge is -2.26. The summed E-state index contributed by atoms with van der Waals surface area (Å²) in [4.78, 5) is 17.0. The summed E-state index contributed by atoms with van der Waals surface area (Å²) in [5, 5.41) is 0.414. The summed E-state index contributed by atoms with van der Waals surface area (Å²) in [5.74, 6) is -0.735. The zero-order valence-corrected chi connectivity index (χ0v) is 20.5. The molecule has 0 fully saturated rings. The Bertz CT molecular complexity index is 1210. The molecule has 0 spiro atoms. The van der Waals surface area contributed by atoms with Crippen molar-refractivity contribution in [1.29, 1.82) is 0 Å². The first-order chi connectivity index (χ1) is 15.7. The topological polar surface area (TPSA) is 57.7 Å². The SMILES string of the molecule is C=CCN(CC(=O)N(Cc1ccc(F)cc1)Cc1ccc(C)s1)S(=O)(=O)c1ccc(Cl)cc1. The van der Waals surface area contributed by atoms with Crippen molar-refractivity contribution in [1.82, 2.24) is 9.21 Å². The van der Waals surface area contributed by atoms with Gasteiger partial charge in [-0.2, -0.15) is 4.31 Å². The molecule has 2 aromatic carbocycles. The highest BCUT2D eigenvalue weighted by molar-refractivity contribution is 7.89. The lowest BCUT2D eigenvalue weighted by atomic mass is 10.2. The standard InChI is InChI=1S/C24H24ClFN2O3S2/c1-3-14-28(33(30,31)23-12-7-20(25)8-13-23)17-24(29)27(16-22-11-4-18(2)32-22)15-19-5-9-21(26)10-6-19/h3-13H,1,14-17H2,2H3. The Kier molecular flexibility index (Phi) is 8.42. The van der Waals surface area contributed by atoms with E-state index in [0.29, 0.717) is 11.6 Å². The summed E-state index contributed by atoms with van der Waals surface area (Å²) < 4.78 is 40.8. The Morgan fingerprint density at radius 2 is 1.73 bits per heavy atom. The van der Waals surface area contributed by atoms with Crippen molar-refractivity contribution in [2.75, 3.05) is 13.1 Å². The van der Waals surface area contributed by atoms with Gasteiger partial charge in [0.1, 0.15) is 5.82 Å². The molecule has 9 heteroatoms. The van der Waals surface area contributed by atoms with E-state index in [0.717, 1.165) is 19.6 Å². The van der Waals surface area contributed by atoms with Gasteiger partial charge in [-0.1, -0.05) is 29.8 Å². The van der Waals surface area contributed by atoms with Crippen LogP contribution in [0.15, 0.2) is 78.2 Å². The number of rotatable bonds is 10. The molecule has 0 radical (unpaired) electrons. The molecule has 0 saturated carbocycles. The Hall–Kier alpha value is -2.52. The van der Waals surface area contributed by atoms with Gasteiger partial charge in [0.2, 0.25) is 15.9 Å². The van der Waals surface area contributed by atoms with E-state index in [4.69, 9.17) is 11.6 Å². The van der Waals surface area contributed by atoms with Gasteiger partial charge in [-0.05, 0) is 61.0 Å². The Labute approximate surface area is 202 Å². The molecule has 0 N–H and O–H groups in total. The van der Waals surface area contributed by atoms with Gasteiger partial charge in [0.25, 0.3) is 0 Å². The predicted octanol–water partition coefficient (Wildman–Crippen LogP) is 5.25. The van der Waals surface area contributed by atoms with E-state index in [9.17, 15) is 17.6 Å². The quantitative estimate of drug-likeness (QED) is 0.353. The molecular weight excluding hydrogens is 483 g/mol. The van der Waals surface area contributed by atoms with Gasteiger partial charge in [0.15, 0.2) is 0 Å². The number of aryl methyl sites for hydroxylation is 1. The summed E-state index contributed by atoms with van der Waals surface area (Å²) >= 11 is 7.45. The van der Waals surface area contributed by atoms with Gasteiger partial charge in [0.05, 0.1) is 18.0 Å². The third-order valence-electron chi connectivity index (χ3n) is 4.88. The van der Waals surface area contributed by atoms with Crippen molar-refractivity contribution < 1.29 is 17.6 Å². The van der Waals surface area contributed by atoms with Crippen molar-refractivity contribution >= 4 is 38.9 Å². The van der Waals surface area contributed by atoms with Crippen molar-refractivity contribution in [3.63, 3.8) is 0 Å². The van der Waals surface area contributed by atoms with Crippen LogP contribution in [0.4, 0.5) is 4.39 Å². The average molecular weight is 507 g/mol. The zero-order chi connectivity index (χ0) is 24.0. The zero-order valence-electron chi connectivity index (χ0n) is 18.1. The number of carbonyl (C=O) groups is 1. The van der Waals surface area contributed by atoms with Gasteiger partial charge >= 0.3 is 0 Å². The fourth-order valence-corrected chi connectivity index (χ4v) is 5.59. The van der Waals surface area contributed by atoms with Crippen molar-refractivity contribution in [2.24, 2.45) is 0 Å². The molecule has 0 aliphatic carbocycles. The molecule has 0 bridgehead atoms. The number of thiophene rings is 1. The van der Waals surface area contributed by atoms with E-state index in [1.54, 1.807) is 28.4 Å². The van der Waals surface area contributed by atoms with E-state index in [-0.39, 0.29) is 36.3 Å². The smallest absolute Gasteiger partial charge is 0.243 e. The second-order valence-corrected chi connectivity index (χ2v) is 11.2. The van der Waals surface area contributed by atoms with Crippen LogP contribution in [-0.4, -0.2) is 36.6 Å². The van der Waals surface area contributed by atoms with Crippen LogP contribution in [0.3, 0.4) is 0 Å². The molecule has 0 aliphatic rings. The van der Waals surface area contributed by atoms with E-state index < -0.39 is 10.0 Å². The molecule has 33 heavy (non-hydrogen) atoms. The lowest BCUT2D eigenvalue weighted by Crippen LogP contribution is -2.42. The fraction of sp³-hybridized carbons (Fsp3) is 0.208. The average Bonchev–Trinajstić information content (AvgIpc) is 3.19. The summed E-state index contributed by atoms with van der Waals surface area (Å²) in [6, 6.07) is 15.6. The van der Waals surface area contributed by atoms with Crippen LogP contribution in [0, 0.1) is 12.7 Å². The Morgan fingerprint density at radius 1 is 1.06 bits per heavy atom. The molecule has 1 aromatic heterocycles. The first-order valence-corrected chi connectivity index (χ1v) is 12.8. The maximum atomic E-state index is 13.3. The van der Waals surface area contributed by atoms with Crippen LogP contribution in [0.1, 0.15) is 15.3 Å². The molecule has 3 aromatic rings. The largest absolute Gasteiger partial charge is 0.332 e. The van der Waals surface area contributed by atoms with Crippen LogP contribution < -0.4 is 0 Å². The molecule has 0 atom stereocenters. The molecule has 0 saturated heterocycles. The minimum Gasteiger partial charge on any atom is -0.332 e. The molecule has 174 valence electrons. The number of halogens is 2.